The van der Waals surface area contributed by atoms with Crippen molar-refractivity contribution in [1.29, 1.82) is 0 Å². The van der Waals surface area contributed by atoms with Crippen molar-refractivity contribution in [3.8, 4) is 5.75 Å². The van der Waals surface area contributed by atoms with Gasteiger partial charge < -0.3 is 14.8 Å². The van der Waals surface area contributed by atoms with E-state index in [4.69, 9.17) is 9.47 Å². The van der Waals surface area contributed by atoms with E-state index in [1.807, 2.05) is 0 Å². The summed E-state index contributed by atoms with van der Waals surface area (Å²) in [6.07, 6.45) is 5.41. The molecule has 162 valence electrons. The molecule has 2 aromatic heterocycles. The van der Waals surface area contributed by atoms with Gasteiger partial charge in [0.25, 0.3) is 5.91 Å². The Morgan fingerprint density at radius 2 is 1.97 bits per heavy atom. The number of anilines is 1. The molecule has 0 spiro atoms. The van der Waals surface area contributed by atoms with Crippen LogP contribution in [0, 0.1) is 5.82 Å². The average Bonchev–Trinajstić information content (AvgIpc) is 3.38. The van der Waals surface area contributed by atoms with Crippen molar-refractivity contribution in [2.24, 2.45) is 0 Å². The van der Waals surface area contributed by atoms with E-state index < -0.39 is 11.9 Å². The number of aromatic nitrogens is 2. The quantitative estimate of drug-likeness (QED) is 0.547. The van der Waals surface area contributed by atoms with Gasteiger partial charge in [-0.05, 0) is 68.5 Å². The van der Waals surface area contributed by atoms with Crippen LogP contribution in [0.2, 0.25) is 0 Å². The molecule has 0 aliphatic heterocycles. The van der Waals surface area contributed by atoms with E-state index in [9.17, 15) is 14.0 Å². The summed E-state index contributed by atoms with van der Waals surface area (Å²) in [5, 5.41) is 7.57. The van der Waals surface area contributed by atoms with Gasteiger partial charge >= 0.3 is 5.97 Å². The highest BCUT2D eigenvalue weighted by Crippen LogP contribution is 2.38. The summed E-state index contributed by atoms with van der Waals surface area (Å²) in [5.41, 5.74) is 1.65. The third-order valence-electron chi connectivity index (χ3n) is 4.93. The molecule has 9 heteroatoms. The fourth-order valence-corrected chi connectivity index (χ4v) is 4.74. The highest BCUT2D eigenvalue weighted by Gasteiger charge is 2.27. The zero-order chi connectivity index (χ0) is 21.8. The van der Waals surface area contributed by atoms with Crippen molar-refractivity contribution in [3.05, 3.63) is 64.0 Å². The number of hydrogen-bond acceptors (Lipinski definition) is 6. The van der Waals surface area contributed by atoms with Gasteiger partial charge in [0.15, 0.2) is 12.4 Å². The Morgan fingerprint density at radius 1 is 1.19 bits per heavy atom. The maximum Gasteiger partial charge on any atom is 0.341 e. The molecule has 1 N–H and O–H groups in total. The molecule has 2 heterocycles. The van der Waals surface area contributed by atoms with Gasteiger partial charge in [0.1, 0.15) is 16.6 Å². The molecule has 0 saturated carbocycles. The third-order valence-corrected chi connectivity index (χ3v) is 6.14. The van der Waals surface area contributed by atoms with E-state index in [2.05, 4.69) is 10.4 Å². The molecule has 1 aliphatic rings. The Balaban J connectivity index is 1.46. The van der Waals surface area contributed by atoms with Crippen LogP contribution in [0.1, 0.15) is 51.1 Å². The number of carbonyl (C=O) groups is 2. The number of carbonyl (C=O) groups excluding carboxylic acids is 2. The van der Waals surface area contributed by atoms with Gasteiger partial charge in [0.2, 0.25) is 0 Å². The number of ether oxygens (including phenoxy) is 2. The Kier molecular flexibility index (Phi) is 6.31. The van der Waals surface area contributed by atoms with Crippen molar-refractivity contribution >= 4 is 28.2 Å². The van der Waals surface area contributed by atoms with Crippen LogP contribution in [0.5, 0.6) is 5.75 Å². The maximum absolute atomic E-state index is 13.0. The van der Waals surface area contributed by atoms with Gasteiger partial charge in [-0.3, -0.25) is 4.79 Å². The number of thiophene rings is 1. The molecule has 0 bridgehead atoms. The van der Waals surface area contributed by atoms with Gasteiger partial charge in [-0.1, -0.05) is 0 Å². The lowest BCUT2D eigenvalue weighted by atomic mass is 9.95. The van der Waals surface area contributed by atoms with E-state index in [-0.39, 0.29) is 24.8 Å². The van der Waals surface area contributed by atoms with Crippen LogP contribution in [0.3, 0.4) is 0 Å². The highest BCUT2D eigenvalue weighted by molar-refractivity contribution is 7.17. The Bertz CT molecular complexity index is 1090. The van der Waals surface area contributed by atoms with Crippen molar-refractivity contribution in [2.75, 3.05) is 11.9 Å². The standard InChI is InChI=1S/C22H22FN3O4S/c1-2-29-22(28)19-16-5-3-4-6-18(16)31-21(19)24-20(27)17-11-12-26(25-17)13-30-15-9-7-14(23)8-10-15/h7-12H,2-6,13H2,1H3,(H,24,27). The predicted octanol–water partition coefficient (Wildman–Crippen LogP) is 4.43. The van der Waals surface area contributed by atoms with Crippen molar-refractivity contribution < 1.29 is 23.5 Å². The van der Waals surface area contributed by atoms with E-state index in [1.54, 1.807) is 19.2 Å². The lowest BCUT2D eigenvalue weighted by Gasteiger charge is -2.12. The van der Waals surface area contributed by atoms with E-state index in [0.29, 0.717) is 16.3 Å². The van der Waals surface area contributed by atoms with Crippen LogP contribution < -0.4 is 10.1 Å². The number of aryl methyl sites for hydroxylation is 1. The molecule has 0 fully saturated rings. The first-order chi connectivity index (χ1) is 15.0. The molecule has 31 heavy (non-hydrogen) atoms. The number of halogens is 1. The first kappa shape index (κ1) is 21.0. The molecule has 1 aromatic carbocycles. The SMILES string of the molecule is CCOC(=O)c1c(NC(=O)c2ccn(COc3ccc(F)cc3)n2)sc2c1CCCC2. The summed E-state index contributed by atoms with van der Waals surface area (Å²) in [5.74, 6) is -0.672. The second kappa shape index (κ2) is 9.30. The van der Waals surface area contributed by atoms with Crippen molar-refractivity contribution in [1.82, 2.24) is 9.78 Å². The summed E-state index contributed by atoms with van der Waals surface area (Å²) in [7, 11) is 0. The van der Waals surface area contributed by atoms with E-state index >= 15 is 0 Å². The van der Waals surface area contributed by atoms with E-state index in [1.165, 1.54) is 40.3 Å². The third kappa shape index (κ3) is 4.77. The number of fused-ring (bicyclic) bond motifs is 1. The largest absolute Gasteiger partial charge is 0.471 e. The summed E-state index contributed by atoms with van der Waals surface area (Å²) < 4.78 is 25.2. The Hall–Kier alpha value is -3.20. The number of hydrogen-bond donors (Lipinski definition) is 1. The molecule has 0 radical (unpaired) electrons. The van der Waals surface area contributed by atoms with Crippen molar-refractivity contribution in [2.45, 2.75) is 39.3 Å². The zero-order valence-electron chi connectivity index (χ0n) is 17.0. The highest BCUT2D eigenvalue weighted by atomic mass is 32.1. The number of rotatable bonds is 7. The normalized spacial score (nSPS) is 12.8. The molecule has 0 saturated heterocycles. The topological polar surface area (TPSA) is 82.5 Å². The molecular formula is C22H22FN3O4S. The predicted molar refractivity (Wildman–Crippen MR) is 114 cm³/mol. The second-order valence-electron chi connectivity index (χ2n) is 7.06. The first-order valence-corrected chi connectivity index (χ1v) is 10.9. The molecule has 4 rings (SSSR count). The van der Waals surface area contributed by atoms with Crippen LogP contribution in [0.25, 0.3) is 0 Å². The Morgan fingerprint density at radius 3 is 2.74 bits per heavy atom. The minimum atomic E-state index is -0.412. The lowest BCUT2D eigenvalue weighted by Crippen LogP contribution is -2.17. The lowest BCUT2D eigenvalue weighted by molar-refractivity contribution is 0.0526. The molecule has 7 nitrogen and oxygen atoms in total. The minimum absolute atomic E-state index is 0.0697. The fourth-order valence-electron chi connectivity index (χ4n) is 3.47. The molecule has 1 amide bonds. The van der Waals surface area contributed by atoms with E-state index in [0.717, 1.165) is 36.1 Å². The molecule has 1 aliphatic carbocycles. The average molecular weight is 444 g/mol. The monoisotopic (exact) mass is 443 g/mol. The number of nitrogens with one attached hydrogen (secondary N) is 1. The summed E-state index contributed by atoms with van der Waals surface area (Å²) in [4.78, 5) is 26.4. The molecule has 0 unspecified atom stereocenters. The fraction of sp³-hybridized carbons (Fsp3) is 0.318. The van der Waals surface area contributed by atoms with Crippen LogP contribution >= 0.6 is 11.3 Å². The zero-order valence-corrected chi connectivity index (χ0v) is 17.8. The minimum Gasteiger partial charge on any atom is -0.471 e. The van der Waals surface area contributed by atoms with Gasteiger partial charge in [-0.15, -0.1) is 11.3 Å². The number of esters is 1. The van der Waals surface area contributed by atoms with Gasteiger partial charge in [-0.2, -0.15) is 5.10 Å². The van der Waals surface area contributed by atoms with Crippen LogP contribution in [-0.4, -0.2) is 28.3 Å². The number of amides is 1. The van der Waals surface area contributed by atoms with Gasteiger partial charge in [-0.25, -0.2) is 13.9 Å². The van der Waals surface area contributed by atoms with Crippen LogP contribution in [0.4, 0.5) is 9.39 Å². The first-order valence-electron chi connectivity index (χ1n) is 10.1. The molecule has 3 aromatic rings. The van der Waals surface area contributed by atoms with Crippen LogP contribution in [-0.2, 0) is 24.3 Å². The second-order valence-corrected chi connectivity index (χ2v) is 8.16. The molecule has 0 atom stereocenters. The van der Waals surface area contributed by atoms with Gasteiger partial charge in [0, 0.05) is 11.1 Å². The number of nitrogens with zero attached hydrogens (tertiary/aromatic N) is 2. The maximum atomic E-state index is 13.0. The van der Waals surface area contributed by atoms with Gasteiger partial charge in [0.05, 0.1) is 12.2 Å². The summed E-state index contributed by atoms with van der Waals surface area (Å²) in [6.45, 7) is 2.10. The summed E-state index contributed by atoms with van der Waals surface area (Å²) in [6, 6.07) is 7.21. The smallest absolute Gasteiger partial charge is 0.341 e. The Labute approximate surface area is 182 Å². The number of benzene rings is 1. The van der Waals surface area contributed by atoms with Crippen molar-refractivity contribution in [3.63, 3.8) is 0 Å². The molecular weight excluding hydrogens is 421 g/mol. The summed E-state index contributed by atoms with van der Waals surface area (Å²) >= 11 is 1.43. The van der Waals surface area contributed by atoms with Crippen LogP contribution in [0.15, 0.2) is 36.5 Å².